The second-order valence-electron chi connectivity index (χ2n) is 3.21. The molecule has 0 spiro atoms. The Kier molecular flexibility index (Phi) is 2.44. The molecule has 1 heterocycles. The molecule has 13 heavy (non-hydrogen) atoms. The highest BCUT2D eigenvalue weighted by molar-refractivity contribution is 7.89. The third-order valence-corrected chi connectivity index (χ3v) is 2.46. The van der Waals surface area contributed by atoms with Crippen LogP contribution in [0.2, 0.25) is 0 Å². The van der Waals surface area contributed by atoms with Gasteiger partial charge in [-0.2, -0.15) is 5.10 Å². The van der Waals surface area contributed by atoms with Crippen molar-refractivity contribution >= 4 is 10.0 Å². The third kappa shape index (κ3) is 2.07. The largest absolute Gasteiger partial charge is 0.266 e. The maximum Gasteiger partial charge on any atom is 0.257 e. The van der Waals surface area contributed by atoms with Gasteiger partial charge in [0.25, 0.3) is 10.0 Å². The number of primary sulfonamides is 1. The van der Waals surface area contributed by atoms with Gasteiger partial charge in [0.2, 0.25) is 0 Å². The van der Waals surface area contributed by atoms with Gasteiger partial charge in [-0.25, -0.2) is 13.6 Å². The van der Waals surface area contributed by atoms with Crippen molar-refractivity contribution in [1.29, 1.82) is 0 Å². The highest BCUT2D eigenvalue weighted by Crippen LogP contribution is 2.12. The predicted octanol–water partition coefficient (Wildman–Crippen LogP) is 0.420. The van der Waals surface area contributed by atoms with Gasteiger partial charge < -0.3 is 0 Å². The predicted molar refractivity (Wildman–Crippen MR) is 48.7 cm³/mol. The highest BCUT2D eigenvalue weighted by Gasteiger charge is 2.15. The van der Waals surface area contributed by atoms with Crippen LogP contribution in [0.5, 0.6) is 0 Å². The Morgan fingerprint density at radius 1 is 1.54 bits per heavy atom. The van der Waals surface area contributed by atoms with Crippen LogP contribution in [0.1, 0.15) is 25.6 Å². The molecule has 0 bridgehead atoms. The van der Waals surface area contributed by atoms with Gasteiger partial charge in [-0.3, -0.25) is 4.68 Å². The van der Waals surface area contributed by atoms with Crippen LogP contribution < -0.4 is 5.14 Å². The lowest BCUT2D eigenvalue weighted by Gasteiger charge is -2.06. The summed E-state index contributed by atoms with van der Waals surface area (Å²) in [5, 5.41) is 8.75. The highest BCUT2D eigenvalue weighted by atomic mass is 32.2. The Bertz CT molecular complexity index is 405. The second-order valence-corrected chi connectivity index (χ2v) is 4.72. The zero-order valence-electron chi connectivity index (χ0n) is 7.85. The average Bonchev–Trinajstić information content (AvgIpc) is 2.29. The molecule has 0 saturated heterocycles. The maximum absolute atomic E-state index is 10.9. The first kappa shape index (κ1) is 10.2. The molecule has 0 atom stereocenters. The second kappa shape index (κ2) is 3.12. The topological polar surface area (TPSA) is 78.0 Å². The summed E-state index contributed by atoms with van der Waals surface area (Å²) >= 11 is 0. The Morgan fingerprint density at radius 2 is 2.08 bits per heavy atom. The van der Waals surface area contributed by atoms with E-state index in [0.29, 0.717) is 0 Å². The fourth-order valence-corrected chi connectivity index (χ4v) is 1.66. The Hall–Kier alpha value is -0.880. The smallest absolute Gasteiger partial charge is 0.257 e. The summed E-state index contributed by atoms with van der Waals surface area (Å²) < 4.78 is 23.5. The van der Waals surface area contributed by atoms with E-state index in [-0.39, 0.29) is 11.1 Å². The fraction of sp³-hybridized carbons (Fsp3) is 0.571. The minimum atomic E-state index is -3.67. The molecule has 5 nitrogen and oxygen atoms in total. The summed E-state index contributed by atoms with van der Waals surface area (Å²) in [5.41, 5.74) is 0.791. The van der Waals surface area contributed by atoms with Crippen LogP contribution in [0.25, 0.3) is 0 Å². The quantitative estimate of drug-likeness (QED) is 0.756. The van der Waals surface area contributed by atoms with E-state index in [1.54, 1.807) is 11.6 Å². The first-order chi connectivity index (χ1) is 5.82. The van der Waals surface area contributed by atoms with E-state index in [0.717, 1.165) is 5.69 Å². The summed E-state index contributed by atoms with van der Waals surface area (Å²) in [5.74, 6) is 0. The van der Waals surface area contributed by atoms with Crippen LogP contribution >= 0.6 is 0 Å². The minimum Gasteiger partial charge on any atom is -0.266 e. The van der Waals surface area contributed by atoms with Crippen molar-refractivity contribution in [1.82, 2.24) is 9.78 Å². The molecular formula is C7H13N3O2S. The minimum absolute atomic E-state index is 0.0706. The number of nitrogens with zero attached hydrogens (tertiary/aromatic N) is 2. The van der Waals surface area contributed by atoms with Crippen LogP contribution in [0.3, 0.4) is 0 Å². The van der Waals surface area contributed by atoms with Gasteiger partial charge in [0.1, 0.15) is 0 Å². The van der Waals surface area contributed by atoms with Crippen molar-refractivity contribution in [2.45, 2.75) is 31.8 Å². The average molecular weight is 203 g/mol. The van der Waals surface area contributed by atoms with Gasteiger partial charge in [-0.15, -0.1) is 0 Å². The van der Waals surface area contributed by atoms with E-state index in [1.807, 2.05) is 13.8 Å². The van der Waals surface area contributed by atoms with E-state index in [9.17, 15) is 8.42 Å². The molecule has 0 amide bonds. The molecule has 0 aliphatic rings. The molecule has 0 unspecified atom stereocenters. The molecule has 0 fully saturated rings. The third-order valence-electron chi connectivity index (χ3n) is 1.68. The molecular weight excluding hydrogens is 190 g/mol. The number of nitrogens with two attached hydrogens (primary N) is 1. The van der Waals surface area contributed by atoms with Crippen molar-refractivity contribution in [3.8, 4) is 0 Å². The summed E-state index contributed by atoms with van der Waals surface area (Å²) in [6.45, 7) is 5.64. The standard InChI is InChI=1S/C7H13N3O2S/c1-5(2)10-6(3)4-7(9-10)13(8,11)12/h4-5H,1-3H3,(H2,8,11,12). The van der Waals surface area contributed by atoms with Crippen molar-refractivity contribution in [2.75, 3.05) is 0 Å². The molecule has 1 aromatic rings. The molecule has 0 aromatic carbocycles. The van der Waals surface area contributed by atoms with Crippen LogP contribution in [0, 0.1) is 6.92 Å². The lowest BCUT2D eigenvalue weighted by atomic mass is 10.4. The van der Waals surface area contributed by atoms with Crippen LogP contribution in [0.15, 0.2) is 11.1 Å². The Labute approximate surface area is 77.6 Å². The first-order valence-electron chi connectivity index (χ1n) is 3.91. The SMILES string of the molecule is Cc1cc(S(N)(=O)=O)nn1C(C)C. The van der Waals surface area contributed by atoms with E-state index in [1.165, 1.54) is 6.07 Å². The number of hydrogen-bond donors (Lipinski definition) is 1. The molecule has 0 aliphatic carbocycles. The molecule has 0 aliphatic heterocycles. The molecule has 0 radical (unpaired) electrons. The lowest BCUT2D eigenvalue weighted by Crippen LogP contribution is -2.14. The zero-order chi connectivity index (χ0) is 10.2. The van der Waals surface area contributed by atoms with E-state index >= 15 is 0 Å². The lowest BCUT2D eigenvalue weighted by molar-refractivity contribution is 0.505. The fourth-order valence-electron chi connectivity index (χ4n) is 1.12. The van der Waals surface area contributed by atoms with Gasteiger partial charge >= 0.3 is 0 Å². The van der Waals surface area contributed by atoms with Gasteiger partial charge in [0, 0.05) is 11.7 Å². The van der Waals surface area contributed by atoms with Gasteiger partial charge in [0.05, 0.1) is 0 Å². The van der Waals surface area contributed by atoms with Crippen LogP contribution in [-0.4, -0.2) is 18.2 Å². The Morgan fingerprint density at radius 3 is 2.31 bits per heavy atom. The van der Waals surface area contributed by atoms with E-state index < -0.39 is 10.0 Å². The molecule has 6 heteroatoms. The molecule has 0 saturated carbocycles. The van der Waals surface area contributed by atoms with Crippen molar-refractivity contribution in [3.05, 3.63) is 11.8 Å². The van der Waals surface area contributed by atoms with Crippen LogP contribution in [0.4, 0.5) is 0 Å². The normalized spacial score (nSPS) is 12.4. The van der Waals surface area contributed by atoms with Gasteiger partial charge in [-0.1, -0.05) is 0 Å². The first-order valence-corrected chi connectivity index (χ1v) is 5.46. The van der Waals surface area contributed by atoms with Gasteiger partial charge in [0.15, 0.2) is 5.03 Å². The molecule has 2 N–H and O–H groups in total. The summed E-state index contributed by atoms with van der Waals surface area (Å²) in [4.78, 5) is 0. The number of hydrogen-bond acceptors (Lipinski definition) is 3. The molecule has 1 rings (SSSR count). The number of rotatable bonds is 2. The maximum atomic E-state index is 10.9. The summed E-state index contributed by atoms with van der Waals surface area (Å²) in [6.07, 6.45) is 0. The van der Waals surface area contributed by atoms with Crippen LogP contribution in [-0.2, 0) is 10.0 Å². The number of sulfonamides is 1. The van der Waals surface area contributed by atoms with Crippen molar-refractivity contribution < 1.29 is 8.42 Å². The molecule has 1 aromatic heterocycles. The van der Waals surface area contributed by atoms with E-state index in [2.05, 4.69) is 5.10 Å². The van der Waals surface area contributed by atoms with Crippen molar-refractivity contribution in [3.63, 3.8) is 0 Å². The zero-order valence-corrected chi connectivity index (χ0v) is 8.67. The number of aryl methyl sites for hydroxylation is 1. The Balaban J connectivity index is 3.25. The summed E-state index contributed by atoms with van der Waals surface area (Å²) in [7, 11) is -3.67. The van der Waals surface area contributed by atoms with E-state index in [4.69, 9.17) is 5.14 Å². The van der Waals surface area contributed by atoms with Gasteiger partial charge in [-0.05, 0) is 26.8 Å². The summed E-state index contributed by atoms with van der Waals surface area (Å²) in [6, 6.07) is 1.60. The number of aromatic nitrogens is 2. The monoisotopic (exact) mass is 203 g/mol. The molecule has 74 valence electrons. The van der Waals surface area contributed by atoms with Crippen molar-refractivity contribution in [2.24, 2.45) is 5.14 Å².